The molecule has 0 amide bonds. The lowest BCUT2D eigenvalue weighted by Gasteiger charge is -2.02. The molecule has 15 heavy (non-hydrogen) atoms. The highest BCUT2D eigenvalue weighted by Crippen LogP contribution is 1.91. The van der Waals surface area contributed by atoms with Crippen LogP contribution in [0.2, 0.25) is 0 Å². The van der Waals surface area contributed by atoms with Crippen LogP contribution >= 0.6 is 0 Å². The first-order valence-electron chi connectivity index (χ1n) is 5.52. The SMILES string of the molecule is CCCC=COCOCOC=CCCC. The van der Waals surface area contributed by atoms with Crippen molar-refractivity contribution in [3.05, 3.63) is 24.7 Å². The number of hydrogen-bond acceptors (Lipinski definition) is 3. The molecule has 0 aromatic heterocycles. The molecule has 0 aromatic carbocycles. The molecule has 0 aliphatic carbocycles. The van der Waals surface area contributed by atoms with E-state index in [4.69, 9.17) is 14.2 Å². The summed E-state index contributed by atoms with van der Waals surface area (Å²) < 4.78 is 15.2. The van der Waals surface area contributed by atoms with Gasteiger partial charge in [0.05, 0.1) is 12.5 Å². The first-order valence-corrected chi connectivity index (χ1v) is 5.52. The van der Waals surface area contributed by atoms with E-state index in [1.54, 1.807) is 12.5 Å². The molecule has 3 nitrogen and oxygen atoms in total. The summed E-state index contributed by atoms with van der Waals surface area (Å²) in [5.41, 5.74) is 0. The number of hydrogen-bond donors (Lipinski definition) is 0. The summed E-state index contributed by atoms with van der Waals surface area (Å²) >= 11 is 0. The Kier molecular flexibility index (Phi) is 12.2. The van der Waals surface area contributed by atoms with E-state index in [0.29, 0.717) is 0 Å². The van der Waals surface area contributed by atoms with Gasteiger partial charge in [-0.05, 0) is 25.0 Å². The third-order valence-corrected chi connectivity index (χ3v) is 1.60. The molecule has 0 rings (SSSR count). The normalized spacial score (nSPS) is 11.3. The Bertz CT molecular complexity index is 146. The number of ether oxygens (including phenoxy) is 3. The Morgan fingerprint density at radius 1 is 0.800 bits per heavy atom. The fourth-order valence-electron chi connectivity index (χ4n) is 0.814. The minimum absolute atomic E-state index is 0.238. The Morgan fingerprint density at radius 2 is 1.27 bits per heavy atom. The molecule has 0 heterocycles. The lowest BCUT2D eigenvalue weighted by molar-refractivity contribution is -0.0864. The standard InChI is InChI=1S/C12H22O3/c1-3-5-7-9-13-11-15-12-14-10-8-6-4-2/h7-10H,3-6,11-12H2,1-2H3. The summed E-state index contributed by atoms with van der Waals surface area (Å²) in [6, 6.07) is 0. The summed E-state index contributed by atoms with van der Waals surface area (Å²) in [4.78, 5) is 0. The minimum Gasteiger partial charge on any atom is -0.475 e. The lowest BCUT2D eigenvalue weighted by atomic mass is 10.3. The lowest BCUT2D eigenvalue weighted by Crippen LogP contribution is -1.98. The maximum absolute atomic E-state index is 5.06. The maximum atomic E-state index is 5.06. The molecule has 0 atom stereocenters. The van der Waals surface area contributed by atoms with E-state index in [9.17, 15) is 0 Å². The average molecular weight is 214 g/mol. The van der Waals surface area contributed by atoms with Crippen molar-refractivity contribution in [1.82, 2.24) is 0 Å². The highest BCUT2D eigenvalue weighted by molar-refractivity contribution is 4.72. The van der Waals surface area contributed by atoms with E-state index >= 15 is 0 Å². The topological polar surface area (TPSA) is 27.7 Å². The molecule has 88 valence electrons. The first kappa shape index (κ1) is 14.0. The number of rotatable bonds is 10. The molecule has 0 unspecified atom stereocenters. The largest absolute Gasteiger partial charge is 0.475 e. The molecule has 0 N–H and O–H groups in total. The smallest absolute Gasteiger partial charge is 0.191 e. The second kappa shape index (κ2) is 13.0. The molecule has 3 heteroatoms. The summed E-state index contributed by atoms with van der Waals surface area (Å²) in [7, 11) is 0. The van der Waals surface area contributed by atoms with Gasteiger partial charge in [-0.15, -0.1) is 0 Å². The Balaban J connectivity index is 3.04. The van der Waals surface area contributed by atoms with Gasteiger partial charge in [0.2, 0.25) is 0 Å². The number of unbranched alkanes of at least 4 members (excludes halogenated alkanes) is 2. The molecule has 0 bridgehead atoms. The Labute approximate surface area is 92.7 Å². The molecule has 0 saturated carbocycles. The van der Waals surface area contributed by atoms with Gasteiger partial charge in [-0.25, -0.2) is 0 Å². The highest BCUT2D eigenvalue weighted by Gasteiger charge is 1.82. The van der Waals surface area contributed by atoms with Crippen molar-refractivity contribution in [3.63, 3.8) is 0 Å². The first-order chi connectivity index (χ1) is 7.41. The molecule has 0 radical (unpaired) electrons. The molecule has 0 aliphatic rings. The van der Waals surface area contributed by atoms with Gasteiger partial charge in [0.1, 0.15) is 0 Å². The quantitative estimate of drug-likeness (QED) is 0.316. The van der Waals surface area contributed by atoms with Crippen LogP contribution in [0, 0.1) is 0 Å². The van der Waals surface area contributed by atoms with Crippen LogP contribution in [-0.4, -0.2) is 13.6 Å². The van der Waals surface area contributed by atoms with Crippen LogP contribution in [0.4, 0.5) is 0 Å². The fourth-order valence-corrected chi connectivity index (χ4v) is 0.814. The molecular formula is C12H22O3. The zero-order valence-corrected chi connectivity index (χ0v) is 9.78. The summed E-state index contributed by atoms with van der Waals surface area (Å²) in [6.07, 6.45) is 11.6. The molecule has 0 fully saturated rings. The Hall–Kier alpha value is -0.960. The van der Waals surface area contributed by atoms with Crippen LogP contribution in [0.25, 0.3) is 0 Å². The predicted octanol–water partition coefficient (Wildman–Crippen LogP) is 3.58. The molecule has 0 spiro atoms. The van der Waals surface area contributed by atoms with Crippen molar-refractivity contribution in [3.8, 4) is 0 Å². The van der Waals surface area contributed by atoms with Crippen molar-refractivity contribution >= 4 is 0 Å². The van der Waals surface area contributed by atoms with Gasteiger partial charge < -0.3 is 14.2 Å². The van der Waals surface area contributed by atoms with Gasteiger partial charge in [-0.3, -0.25) is 0 Å². The van der Waals surface area contributed by atoms with Gasteiger partial charge in [-0.2, -0.15) is 0 Å². The average Bonchev–Trinajstić information content (AvgIpc) is 2.26. The second-order valence-electron chi connectivity index (χ2n) is 3.09. The van der Waals surface area contributed by atoms with Crippen molar-refractivity contribution in [1.29, 1.82) is 0 Å². The van der Waals surface area contributed by atoms with E-state index in [1.165, 1.54) is 0 Å². The van der Waals surface area contributed by atoms with Crippen LogP contribution in [0.5, 0.6) is 0 Å². The molecular weight excluding hydrogens is 192 g/mol. The predicted molar refractivity (Wildman–Crippen MR) is 61.1 cm³/mol. The summed E-state index contributed by atoms with van der Waals surface area (Å²) in [5, 5.41) is 0. The van der Waals surface area contributed by atoms with Crippen molar-refractivity contribution in [2.75, 3.05) is 13.6 Å². The zero-order chi connectivity index (χ0) is 11.2. The van der Waals surface area contributed by atoms with Gasteiger partial charge >= 0.3 is 0 Å². The van der Waals surface area contributed by atoms with E-state index in [-0.39, 0.29) is 13.6 Å². The minimum atomic E-state index is 0.238. The van der Waals surface area contributed by atoms with Gasteiger partial charge in [-0.1, -0.05) is 26.7 Å². The summed E-state index contributed by atoms with van der Waals surface area (Å²) in [5.74, 6) is 0. The van der Waals surface area contributed by atoms with Gasteiger partial charge in [0.25, 0.3) is 0 Å². The van der Waals surface area contributed by atoms with E-state index in [0.717, 1.165) is 25.7 Å². The van der Waals surface area contributed by atoms with Crippen LogP contribution < -0.4 is 0 Å². The van der Waals surface area contributed by atoms with E-state index in [1.807, 2.05) is 12.2 Å². The number of allylic oxidation sites excluding steroid dienone is 2. The molecule has 0 aromatic rings. The van der Waals surface area contributed by atoms with Crippen LogP contribution in [0.3, 0.4) is 0 Å². The molecule has 0 saturated heterocycles. The van der Waals surface area contributed by atoms with Gasteiger partial charge in [0.15, 0.2) is 13.6 Å². The van der Waals surface area contributed by atoms with E-state index in [2.05, 4.69) is 13.8 Å². The van der Waals surface area contributed by atoms with Crippen LogP contribution in [0.1, 0.15) is 39.5 Å². The van der Waals surface area contributed by atoms with Crippen molar-refractivity contribution < 1.29 is 14.2 Å². The van der Waals surface area contributed by atoms with Crippen LogP contribution in [0.15, 0.2) is 24.7 Å². The van der Waals surface area contributed by atoms with Crippen molar-refractivity contribution in [2.24, 2.45) is 0 Å². The fraction of sp³-hybridized carbons (Fsp3) is 0.667. The van der Waals surface area contributed by atoms with Gasteiger partial charge in [0, 0.05) is 0 Å². The highest BCUT2D eigenvalue weighted by atomic mass is 16.7. The maximum Gasteiger partial charge on any atom is 0.191 e. The Morgan fingerprint density at radius 3 is 1.67 bits per heavy atom. The second-order valence-corrected chi connectivity index (χ2v) is 3.09. The van der Waals surface area contributed by atoms with Crippen molar-refractivity contribution in [2.45, 2.75) is 39.5 Å². The summed E-state index contributed by atoms with van der Waals surface area (Å²) in [6.45, 7) is 4.72. The van der Waals surface area contributed by atoms with E-state index < -0.39 is 0 Å². The zero-order valence-electron chi connectivity index (χ0n) is 9.78. The third-order valence-electron chi connectivity index (χ3n) is 1.60. The third kappa shape index (κ3) is 13.0. The van der Waals surface area contributed by atoms with Crippen LogP contribution in [-0.2, 0) is 14.2 Å². The molecule has 0 aliphatic heterocycles. The monoisotopic (exact) mass is 214 g/mol.